The third kappa shape index (κ3) is 7.63. The molecule has 0 bridgehead atoms. The maximum Gasteiger partial charge on any atom is 0.413 e. The van der Waals surface area contributed by atoms with Crippen molar-refractivity contribution in [1.29, 1.82) is 5.26 Å². The van der Waals surface area contributed by atoms with Crippen molar-refractivity contribution in [3.05, 3.63) is 41.6 Å². The molecule has 1 rings (SSSR count). The molecule has 1 aromatic rings. The van der Waals surface area contributed by atoms with Crippen LogP contribution in [0.15, 0.2) is 36.0 Å². The van der Waals surface area contributed by atoms with Crippen molar-refractivity contribution in [1.82, 2.24) is 4.90 Å². The van der Waals surface area contributed by atoms with Crippen LogP contribution in [-0.2, 0) is 14.3 Å². The summed E-state index contributed by atoms with van der Waals surface area (Å²) in [5, 5.41) is 11.9. The molecule has 0 aliphatic carbocycles. The van der Waals surface area contributed by atoms with Crippen LogP contribution in [0.25, 0.3) is 0 Å². The van der Waals surface area contributed by atoms with Crippen LogP contribution in [-0.4, -0.2) is 49.2 Å². The minimum atomic E-state index is -0.785. The third-order valence-corrected chi connectivity index (χ3v) is 3.65. The van der Waals surface area contributed by atoms with Crippen LogP contribution in [0.2, 0.25) is 0 Å². The van der Waals surface area contributed by atoms with E-state index in [-0.39, 0.29) is 43.1 Å². The fraction of sp³-hybridized carbons (Fsp3) is 0.400. The van der Waals surface area contributed by atoms with Gasteiger partial charge in [0, 0.05) is 19.3 Å². The number of nitrogens with one attached hydrogen (secondary N) is 1. The maximum absolute atomic E-state index is 12.5. The van der Waals surface area contributed by atoms with Crippen molar-refractivity contribution in [3.63, 3.8) is 0 Å². The monoisotopic (exact) mass is 402 g/mol. The van der Waals surface area contributed by atoms with Crippen LogP contribution in [0.5, 0.6) is 0 Å². The number of nitrogens with two attached hydrogens (primary N) is 1. The first-order valence-electron chi connectivity index (χ1n) is 9.31. The quantitative estimate of drug-likeness (QED) is 0.265. The zero-order chi connectivity index (χ0) is 21.6. The minimum Gasteiger partial charge on any atom is -0.462 e. The molecule has 156 valence electrons. The molecule has 0 saturated carbocycles. The Morgan fingerprint density at radius 1 is 1.24 bits per heavy atom. The molecule has 0 unspecified atom stereocenters. The van der Waals surface area contributed by atoms with Gasteiger partial charge in [-0.3, -0.25) is 9.69 Å². The van der Waals surface area contributed by atoms with Gasteiger partial charge in [0.05, 0.1) is 24.5 Å². The van der Waals surface area contributed by atoms with E-state index in [0.717, 1.165) is 23.9 Å². The Hall–Kier alpha value is -3.38. The number of hydrogen-bond acceptors (Lipinski definition) is 7. The predicted octanol–water partition coefficient (Wildman–Crippen LogP) is 2.41. The third-order valence-electron chi connectivity index (χ3n) is 3.65. The summed E-state index contributed by atoms with van der Waals surface area (Å²) in [5.41, 5.74) is 5.48. The lowest BCUT2D eigenvalue weighted by Crippen LogP contribution is -2.32. The van der Waals surface area contributed by atoms with Crippen molar-refractivity contribution in [2.45, 2.75) is 26.7 Å². The highest BCUT2D eigenvalue weighted by Crippen LogP contribution is 2.17. The summed E-state index contributed by atoms with van der Waals surface area (Å²) in [4.78, 5) is 37.8. The number of esters is 1. The Kier molecular flexibility index (Phi) is 10.5. The molecule has 9 nitrogen and oxygen atoms in total. The first-order chi connectivity index (χ1) is 14.0. The lowest BCUT2D eigenvalue weighted by molar-refractivity contribution is -0.112. The van der Waals surface area contributed by atoms with Crippen LogP contribution in [0.1, 0.15) is 37.0 Å². The summed E-state index contributed by atoms with van der Waals surface area (Å²) in [6, 6.07) is 8.04. The maximum atomic E-state index is 12.5. The van der Waals surface area contributed by atoms with E-state index in [1.165, 1.54) is 12.1 Å². The Morgan fingerprint density at radius 3 is 2.59 bits per heavy atom. The predicted molar refractivity (Wildman–Crippen MR) is 107 cm³/mol. The number of carbonyl (C=O) groups excluding carboxylic acids is 3. The van der Waals surface area contributed by atoms with Gasteiger partial charge < -0.3 is 20.5 Å². The molecular formula is C20H26N4O5. The van der Waals surface area contributed by atoms with Gasteiger partial charge >= 0.3 is 12.1 Å². The van der Waals surface area contributed by atoms with E-state index < -0.39 is 18.0 Å². The van der Waals surface area contributed by atoms with Gasteiger partial charge in [-0.25, -0.2) is 9.59 Å². The van der Waals surface area contributed by atoms with Gasteiger partial charge in [-0.05, 0) is 25.5 Å². The largest absolute Gasteiger partial charge is 0.462 e. The lowest BCUT2D eigenvalue weighted by Gasteiger charge is -2.17. The highest BCUT2D eigenvalue weighted by atomic mass is 16.6. The molecule has 0 fully saturated rings. The van der Waals surface area contributed by atoms with Crippen molar-refractivity contribution in [2.75, 3.05) is 31.6 Å². The molecule has 9 heteroatoms. The van der Waals surface area contributed by atoms with Gasteiger partial charge in [0.25, 0.3) is 5.91 Å². The number of nitriles is 1. The van der Waals surface area contributed by atoms with Gasteiger partial charge in [-0.1, -0.05) is 25.5 Å². The molecule has 0 aliphatic heterocycles. The molecule has 0 radical (unpaired) electrons. The zero-order valence-electron chi connectivity index (χ0n) is 16.6. The standard InChI is InChI=1S/C20H26N4O5/c1-3-5-12-29-19(26)16-8-6-7-9-17(16)23-18(25)15(13-22)14-24(11-10-21)20(27)28-4-2/h6-9,14H,3-5,10-12,21H2,1-2H3,(H,23,25)/b15-14-. The van der Waals surface area contributed by atoms with E-state index in [0.29, 0.717) is 0 Å². The van der Waals surface area contributed by atoms with Crippen LogP contribution in [0.3, 0.4) is 0 Å². The fourth-order valence-electron chi connectivity index (χ4n) is 2.19. The van der Waals surface area contributed by atoms with E-state index in [2.05, 4.69) is 5.32 Å². The second kappa shape index (κ2) is 12.9. The Bertz CT molecular complexity index is 785. The smallest absolute Gasteiger partial charge is 0.413 e. The summed E-state index contributed by atoms with van der Waals surface area (Å²) in [6.07, 6.45) is 1.95. The number of para-hydroxylation sites is 1. The lowest BCUT2D eigenvalue weighted by atomic mass is 10.1. The number of amides is 2. The van der Waals surface area contributed by atoms with Crippen molar-refractivity contribution < 1.29 is 23.9 Å². The molecule has 1 aromatic carbocycles. The van der Waals surface area contributed by atoms with Crippen molar-refractivity contribution >= 4 is 23.7 Å². The first kappa shape index (κ1) is 23.7. The average molecular weight is 402 g/mol. The molecule has 0 saturated heterocycles. The number of ether oxygens (including phenoxy) is 2. The normalized spacial score (nSPS) is 10.6. The Labute approximate surface area is 170 Å². The minimum absolute atomic E-state index is 0.0671. The highest BCUT2D eigenvalue weighted by molar-refractivity contribution is 6.09. The van der Waals surface area contributed by atoms with Crippen LogP contribution >= 0.6 is 0 Å². The summed E-state index contributed by atoms with van der Waals surface area (Å²) >= 11 is 0. The van der Waals surface area contributed by atoms with Gasteiger partial charge in [0.2, 0.25) is 0 Å². The molecule has 0 aromatic heterocycles. The summed E-state index contributed by atoms with van der Waals surface area (Å²) < 4.78 is 10.1. The van der Waals surface area contributed by atoms with Crippen molar-refractivity contribution in [2.24, 2.45) is 5.73 Å². The highest BCUT2D eigenvalue weighted by Gasteiger charge is 2.19. The van der Waals surface area contributed by atoms with E-state index in [9.17, 15) is 19.6 Å². The molecule has 0 atom stereocenters. The SMILES string of the molecule is CCCCOC(=O)c1ccccc1NC(=O)/C(C#N)=C\N(CCN)C(=O)OCC. The van der Waals surface area contributed by atoms with Gasteiger partial charge in [0.1, 0.15) is 11.6 Å². The number of unbranched alkanes of at least 4 members (excludes halogenated alkanes) is 1. The second-order valence-corrected chi connectivity index (χ2v) is 5.82. The van der Waals surface area contributed by atoms with Gasteiger partial charge in [-0.15, -0.1) is 0 Å². The number of anilines is 1. The van der Waals surface area contributed by atoms with Crippen LogP contribution in [0.4, 0.5) is 10.5 Å². The Balaban J connectivity index is 3.02. The van der Waals surface area contributed by atoms with Crippen molar-refractivity contribution in [3.8, 4) is 6.07 Å². The molecule has 0 heterocycles. The number of nitrogens with zero attached hydrogens (tertiary/aromatic N) is 2. The average Bonchev–Trinajstić information content (AvgIpc) is 2.71. The van der Waals surface area contributed by atoms with E-state index in [1.54, 1.807) is 25.1 Å². The summed E-state index contributed by atoms with van der Waals surface area (Å²) in [7, 11) is 0. The van der Waals surface area contributed by atoms with E-state index >= 15 is 0 Å². The second-order valence-electron chi connectivity index (χ2n) is 5.82. The fourth-order valence-corrected chi connectivity index (χ4v) is 2.19. The molecule has 3 N–H and O–H groups in total. The molecule has 29 heavy (non-hydrogen) atoms. The number of carbonyl (C=O) groups is 3. The van der Waals surface area contributed by atoms with Crippen LogP contribution < -0.4 is 11.1 Å². The van der Waals surface area contributed by atoms with E-state index in [1.807, 2.05) is 6.92 Å². The number of hydrogen-bond donors (Lipinski definition) is 2. The van der Waals surface area contributed by atoms with E-state index in [4.69, 9.17) is 15.2 Å². The summed E-state index contributed by atoms with van der Waals surface area (Å²) in [6.45, 7) is 4.20. The Morgan fingerprint density at radius 2 is 1.97 bits per heavy atom. The van der Waals surface area contributed by atoms with Crippen LogP contribution in [0, 0.1) is 11.3 Å². The number of benzene rings is 1. The van der Waals surface area contributed by atoms with Gasteiger partial charge in [-0.2, -0.15) is 5.26 Å². The topological polar surface area (TPSA) is 135 Å². The molecule has 0 spiro atoms. The first-order valence-corrected chi connectivity index (χ1v) is 9.31. The molecule has 2 amide bonds. The zero-order valence-corrected chi connectivity index (χ0v) is 16.6. The van der Waals surface area contributed by atoms with Gasteiger partial charge in [0.15, 0.2) is 0 Å². The molecule has 0 aliphatic rings. The summed E-state index contributed by atoms with van der Waals surface area (Å²) in [5.74, 6) is -1.36. The molecular weight excluding hydrogens is 376 g/mol. The number of rotatable bonds is 10.